The lowest BCUT2D eigenvalue weighted by Crippen LogP contribution is -2.34. The maximum Gasteiger partial charge on any atom is 0.228 e. The Morgan fingerprint density at radius 3 is 2.39 bits per heavy atom. The van der Waals surface area contributed by atoms with E-state index in [1.807, 2.05) is 0 Å². The van der Waals surface area contributed by atoms with E-state index in [1.165, 1.54) is 37.2 Å². The van der Waals surface area contributed by atoms with E-state index in [9.17, 15) is 14.0 Å². The third-order valence-electron chi connectivity index (χ3n) is 5.23. The van der Waals surface area contributed by atoms with E-state index in [1.54, 1.807) is 31.3 Å². The fourth-order valence-corrected chi connectivity index (χ4v) is 4.06. The van der Waals surface area contributed by atoms with Crippen LogP contribution in [0, 0.1) is 11.7 Å². The Hall–Kier alpha value is -2.81. The van der Waals surface area contributed by atoms with E-state index in [4.69, 9.17) is 14.2 Å². The van der Waals surface area contributed by atoms with Gasteiger partial charge in [-0.1, -0.05) is 15.9 Å². The monoisotopic (exact) mass is 494 g/mol. The lowest BCUT2D eigenvalue weighted by atomic mass is 10.1. The number of halogens is 2. The first-order valence-electron chi connectivity index (χ1n) is 9.58. The largest absolute Gasteiger partial charge is 0.493 e. The average Bonchev–Trinajstić information content (AvgIpc) is 3.15. The second-order valence-corrected chi connectivity index (χ2v) is 8.13. The summed E-state index contributed by atoms with van der Waals surface area (Å²) in [5.41, 5.74) is 0.950. The van der Waals surface area contributed by atoms with Gasteiger partial charge in [0.15, 0.2) is 11.5 Å². The van der Waals surface area contributed by atoms with Crippen molar-refractivity contribution in [2.24, 2.45) is 5.92 Å². The molecule has 166 valence electrons. The van der Waals surface area contributed by atoms with E-state index in [2.05, 4.69) is 15.9 Å². The second-order valence-electron chi connectivity index (χ2n) is 7.22. The molecule has 31 heavy (non-hydrogen) atoms. The third kappa shape index (κ3) is 4.76. The zero-order valence-electron chi connectivity index (χ0n) is 17.8. The summed E-state index contributed by atoms with van der Waals surface area (Å²) < 4.78 is 30.8. The Morgan fingerprint density at radius 1 is 1.16 bits per heavy atom. The molecule has 2 aromatic rings. The van der Waals surface area contributed by atoms with Gasteiger partial charge in [0.2, 0.25) is 17.6 Å². The Morgan fingerprint density at radius 2 is 1.81 bits per heavy atom. The maximum atomic E-state index is 14.1. The van der Waals surface area contributed by atoms with Crippen LogP contribution in [0.2, 0.25) is 0 Å². The smallest absolute Gasteiger partial charge is 0.228 e. The molecule has 1 unspecified atom stereocenters. The van der Waals surface area contributed by atoms with Crippen molar-refractivity contribution in [2.45, 2.75) is 13.0 Å². The second kappa shape index (κ2) is 9.55. The van der Waals surface area contributed by atoms with Crippen molar-refractivity contribution in [3.05, 3.63) is 46.2 Å². The minimum absolute atomic E-state index is 0.0702. The summed E-state index contributed by atoms with van der Waals surface area (Å²) in [6.07, 6.45) is 0.0702. The van der Waals surface area contributed by atoms with Gasteiger partial charge in [0.25, 0.3) is 0 Å². The number of carbonyl (C=O) groups is 2. The van der Waals surface area contributed by atoms with Crippen molar-refractivity contribution in [1.82, 2.24) is 4.90 Å². The third-order valence-corrected chi connectivity index (χ3v) is 5.72. The molecular formula is C22H24BrFN2O5. The first-order valence-corrected chi connectivity index (χ1v) is 10.4. The quantitative estimate of drug-likeness (QED) is 0.587. The van der Waals surface area contributed by atoms with Gasteiger partial charge >= 0.3 is 0 Å². The van der Waals surface area contributed by atoms with Crippen LogP contribution in [0.5, 0.6) is 17.2 Å². The summed E-state index contributed by atoms with van der Waals surface area (Å²) >= 11 is 3.31. The Labute approximate surface area is 188 Å². The molecule has 0 aromatic heterocycles. The molecule has 0 spiro atoms. The summed E-state index contributed by atoms with van der Waals surface area (Å²) in [6, 6.07) is 7.94. The van der Waals surface area contributed by atoms with Gasteiger partial charge in [0.05, 0.1) is 32.9 Å². The molecule has 9 heteroatoms. The van der Waals surface area contributed by atoms with Crippen molar-refractivity contribution in [1.29, 1.82) is 0 Å². The molecule has 3 rings (SSSR count). The summed E-state index contributed by atoms with van der Waals surface area (Å²) in [6.45, 7) is 0.320. The minimum Gasteiger partial charge on any atom is -0.493 e. The zero-order valence-corrected chi connectivity index (χ0v) is 19.4. The number of methoxy groups -OCH3 is 3. The van der Waals surface area contributed by atoms with Crippen LogP contribution < -0.4 is 19.1 Å². The van der Waals surface area contributed by atoms with Crippen LogP contribution in [0.4, 0.5) is 10.1 Å². The first kappa shape index (κ1) is 22.9. The summed E-state index contributed by atoms with van der Waals surface area (Å²) in [5, 5.41) is 0. The normalized spacial score (nSPS) is 15.7. The number of hydrogen-bond acceptors (Lipinski definition) is 5. The number of nitrogens with zero attached hydrogens (tertiary/aromatic N) is 2. The lowest BCUT2D eigenvalue weighted by Gasteiger charge is -2.23. The molecule has 0 aliphatic carbocycles. The van der Waals surface area contributed by atoms with Crippen LogP contribution in [-0.2, 0) is 16.1 Å². The first-order chi connectivity index (χ1) is 14.8. The maximum absolute atomic E-state index is 14.1. The molecule has 0 saturated carbocycles. The predicted octanol–water partition coefficient (Wildman–Crippen LogP) is 3.63. The van der Waals surface area contributed by atoms with Gasteiger partial charge in [-0.15, -0.1) is 0 Å². The van der Waals surface area contributed by atoms with Gasteiger partial charge in [0, 0.05) is 48.7 Å². The molecule has 0 N–H and O–H groups in total. The summed E-state index contributed by atoms with van der Waals surface area (Å²) in [4.78, 5) is 28.6. The Balaban J connectivity index is 1.78. The van der Waals surface area contributed by atoms with Crippen molar-refractivity contribution >= 4 is 33.4 Å². The molecule has 0 radical (unpaired) electrons. The van der Waals surface area contributed by atoms with E-state index in [0.717, 1.165) is 4.47 Å². The summed E-state index contributed by atoms with van der Waals surface area (Å²) in [7, 11) is 6.10. The van der Waals surface area contributed by atoms with Gasteiger partial charge in [-0.3, -0.25) is 9.59 Å². The molecule has 0 bridgehead atoms. The highest BCUT2D eigenvalue weighted by molar-refractivity contribution is 9.10. The number of rotatable bonds is 7. The molecule has 1 atom stereocenters. The standard InChI is InChI=1S/C22H24BrFN2O5/c1-25(11-13-7-15(23)5-6-17(13)24)22(28)14-8-20(27)26(12-14)16-9-18(29-2)21(31-4)19(10-16)30-3/h5-7,9-10,14H,8,11-12H2,1-4H3. The zero-order chi connectivity index (χ0) is 22.7. The molecule has 1 fully saturated rings. The summed E-state index contributed by atoms with van der Waals surface area (Å²) in [5.74, 6) is -0.0688. The Bertz CT molecular complexity index is 975. The van der Waals surface area contributed by atoms with Crippen LogP contribution in [0.3, 0.4) is 0 Å². The highest BCUT2D eigenvalue weighted by Crippen LogP contribution is 2.42. The molecule has 1 heterocycles. The predicted molar refractivity (Wildman–Crippen MR) is 117 cm³/mol. The number of anilines is 1. The van der Waals surface area contributed by atoms with E-state index in [-0.39, 0.29) is 37.1 Å². The van der Waals surface area contributed by atoms with E-state index < -0.39 is 5.92 Å². The van der Waals surface area contributed by atoms with Gasteiger partial charge in [-0.25, -0.2) is 4.39 Å². The average molecular weight is 495 g/mol. The fourth-order valence-electron chi connectivity index (χ4n) is 3.66. The molecule has 2 amide bonds. The highest BCUT2D eigenvalue weighted by atomic mass is 79.9. The topological polar surface area (TPSA) is 68.3 Å². The van der Waals surface area contributed by atoms with Gasteiger partial charge in [-0.2, -0.15) is 0 Å². The number of benzene rings is 2. The SMILES string of the molecule is COc1cc(N2CC(C(=O)N(C)Cc3cc(Br)ccc3F)CC2=O)cc(OC)c1OC. The minimum atomic E-state index is -0.535. The molecule has 1 aliphatic heterocycles. The Kier molecular flexibility index (Phi) is 7.04. The molecule has 7 nitrogen and oxygen atoms in total. The van der Waals surface area contributed by atoms with Crippen LogP contribution in [-0.4, -0.2) is 51.6 Å². The number of hydrogen-bond donors (Lipinski definition) is 0. The van der Waals surface area contributed by atoms with E-state index >= 15 is 0 Å². The number of amides is 2. The highest BCUT2D eigenvalue weighted by Gasteiger charge is 2.37. The van der Waals surface area contributed by atoms with Crippen LogP contribution in [0.15, 0.2) is 34.8 Å². The molecule has 2 aromatic carbocycles. The molecule has 1 saturated heterocycles. The van der Waals surface area contributed by atoms with Crippen molar-refractivity contribution in [3.63, 3.8) is 0 Å². The fraction of sp³-hybridized carbons (Fsp3) is 0.364. The molecular weight excluding hydrogens is 471 g/mol. The van der Waals surface area contributed by atoms with E-state index in [0.29, 0.717) is 28.5 Å². The number of carbonyl (C=O) groups excluding carboxylic acids is 2. The van der Waals surface area contributed by atoms with Crippen LogP contribution in [0.1, 0.15) is 12.0 Å². The number of ether oxygens (including phenoxy) is 3. The van der Waals surface area contributed by atoms with Crippen molar-refractivity contribution < 1.29 is 28.2 Å². The lowest BCUT2D eigenvalue weighted by molar-refractivity contribution is -0.135. The van der Waals surface area contributed by atoms with Crippen LogP contribution in [0.25, 0.3) is 0 Å². The molecule has 1 aliphatic rings. The van der Waals surface area contributed by atoms with Gasteiger partial charge < -0.3 is 24.0 Å². The van der Waals surface area contributed by atoms with Crippen LogP contribution >= 0.6 is 15.9 Å². The van der Waals surface area contributed by atoms with Crippen molar-refractivity contribution in [2.75, 3.05) is 39.8 Å². The van der Waals surface area contributed by atoms with Gasteiger partial charge in [-0.05, 0) is 18.2 Å². The van der Waals surface area contributed by atoms with Crippen molar-refractivity contribution in [3.8, 4) is 17.2 Å². The van der Waals surface area contributed by atoms with Gasteiger partial charge in [0.1, 0.15) is 5.82 Å².